The summed E-state index contributed by atoms with van der Waals surface area (Å²) in [7, 11) is 0. The first kappa shape index (κ1) is 20.2. The van der Waals surface area contributed by atoms with Crippen LogP contribution < -0.4 is 0 Å². The molecule has 0 aromatic heterocycles. The highest BCUT2D eigenvalue weighted by molar-refractivity contribution is 4.97. The van der Waals surface area contributed by atoms with Crippen LogP contribution in [0.4, 0.5) is 0 Å². The molecule has 4 atom stereocenters. The van der Waals surface area contributed by atoms with Crippen molar-refractivity contribution in [3.63, 3.8) is 0 Å². The molecule has 4 unspecified atom stereocenters. The van der Waals surface area contributed by atoms with E-state index in [-0.39, 0.29) is 0 Å². The van der Waals surface area contributed by atoms with Crippen molar-refractivity contribution < 1.29 is 9.47 Å². The van der Waals surface area contributed by atoms with Gasteiger partial charge in [0.15, 0.2) is 0 Å². The molecule has 0 aromatic carbocycles. The Hall–Kier alpha value is -0.120. The predicted molar refractivity (Wildman–Crippen MR) is 111 cm³/mol. The molecular formula is C24H43NO2. The van der Waals surface area contributed by atoms with Crippen molar-refractivity contribution >= 4 is 0 Å². The topological polar surface area (TPSA) is 21.7 Å². The molecule has 0 radical (unpaired) electrons. The number of rotatable bonds is 7. The molecule has 3 nitrogen and oxygen atoms in total. The van der Waals surface area contributed by atoms with Crippen molar-refractivity contribution in [3.8, 4) is 0 Å². The zero-order valence-electron chi connectivity index (χ0n) is 17.7. The Morgan fingerprint density at radius 3 is 2.04 bits per heavy atom. The van der Waals surface area contributed by atoms with E-state index in [1.807, 2.05) is 0 Å². The van der Waals surface area contributed by atoms with Gasteiger partial charge in [0.05, 0.1) is 18.3 Å². The molecule has 27 heavy (non-hydrogen) atoms. The monoisotopic (exact) mass is 377 g/mol. The lowest BCUT2D eigenvalue weighted by molar-refractivity contribution is -0.175. The van der Waals surface area contributed by atoms with Crippen molar-refractivity contribution in [2.75, 3.05) is 13.2 Å². The molecule has 0 bridgehead atoms. The summed E-state index contributed by atoms with van der Waals surface area (Å²) in [6.07, 6.45) is 21.8. The maximum atomic E-state index is 6.58. The van der Waals surface area contributed by atoms with Crippen molar-refractivity contribution in [1.82, 2.24) is 4.90 Å². The van der Waals surface area contributed by atoms with Gasteiger partial charge in [-0.05, 0) is 83.1 Å². The summed E-state index contributed by atoms with van der Waals surface area (Å²) >= 11 is 0. The van der Waals surface area contributed by atoms with Crippen molar-refractivity contribution in [1.29, 1.82) is 0 Å². The molecular weight excluding hydrogens is 334 g/mol. The minimum Gasteiger partial charge on any atom is -0.378 e. The predicted octanol–water partition coefficient (Wildman–Crippen LogP) is 5.71. The number of ether oxygens (including phenoxy) is 2. The average Bonchev–Trinajstić information content (AvgIpc) is 2.71. The smallest absolute Gasteiger partial charge is 0.0734 e. The van der Waals surface area contributed by atoms with E-state index in [2.05, 4.69) is 11.8 Å². The molecule has 1 saturated heterocycles. The SMILES string of the molecule is CC1CCC(OCCCCCN2C3CCCCC3OC3CCCCC32)CC1. The van der Waals surface area contributed by atoms with E-state index in [1.54, 1.807) is 0 Å². The van der Waals surface area contributed by atoms with E-state index >= 15 is 0 Å². The van der Waals surface area contributed by atoms with E-state index < -0.39 is 0 Å². The first-order valence-electron chi connectivity index (χ1n) is 12.3. The summed E-state index contributed by atoms with van der Waals surface area (Å²) in [6.45, 7) is 4.67. The van der Waals surface area contributed by atoms with Gasteiger partial charge in [-0.3, -0.25) is 4.90 Å². The van der Waals surface area contributed by atoms with Gasteiger partial charge in [0, 0.05) is 18.7 Å². The van der Waals surface area contributed by atoms with Crippen LogP contribution in [0, 0.1) is 5.92 Å². The lowest BCUT2D eigenvalue weighted by Gasteiger charge is -2.53. The zero-order valence-corrected chi connectivity index (χ0v) is 17.7. The molecule has 156 valence electrons. The van der Waals surface area contributed by atoms with Gasteiger partial charge in [-0.15, -0.1) is 0 Å². The normalized spacial score (nSPS) is 40.3. The Balaban J connectivity index is 1.18. The largest absolute Gasteiger partial charge is 0.378 e. The van der Waals surface area contributed by atoms with E-state index in [0.717, 1.165) is 24.6 Å². The van der Waals surface area contributed by atoms with Gasteiger partial charge in [-0.1, -0.05) is 32.6 Å². The fourth-order valence-electron chi connectivity index (χ4n) is 6.25. The number of fused-ring (bicyclic) bond motifs is 2. The second kappa shape index (κ2) is 10.1. The molecule has 1 aliphatic heterocycles. The number of nitrogens with zero attached hydrogens (tertiary/aromatic N) is 1. The third-order valence-electron chi connectivity index (χ3n) is 7.91. The van der Waals surface area contributed by atoms with Crippen LogP contribution in [0.5, 0.6) is 0 Å². The average molecular weight is 378 g/mol. The maximum absolute atomic E-state index is 6.58. The van der Waals surface area contributed by atoms with Crippen LogP contribution in [0.2, 0.25) is 0 Å². The van der Waals surface area contributed by atoms with Crippen LogP contribution in [-0.4, -0.2) is 48.4 Å². The molecule has 3 saturated carbocycles. The van der Waals surface area contributed by atoms with E-state index in [1.165, 1.54) is 103 Å². The fraction of sp³-hybridized carbons (Fsp3) is 1.00. The summed E-state index contributed by atoms with van der Waals surface area (Å²) in [5.41, 5.74) is 0. The maximum Gasteiger partial charge on any atom is 0.0734 e. The third-order valence-corrected chi connectivity index (χ3v) is 7.91. The second-order valence-electron chi connectivity index (χ2n) is 9.97. The lowest BCUT2D eigenvalue weighted by atomic mass is 9.82. The lowest BCUT2D eigenvalue weighted by Crippen LogP contribution is -2.62. The number of hydrogen-bond acceptors (Lipinski definition) is 3. The first-order valence-corrected chi connectivity index (χ1v) is 12.3. The summed E-state index contributed by atoms with van der Waals surface area (Å²) in [5, 5.41) is 0. The molecule has 0 spiro atoms. The zero-order chi connectivity index (χ0) is 18.5. The molecule has 0 N–H and O–H groups in total. The quantitative estimate of drug-likeness (QED) is 0.531. The molecule has 0 amide bonds. The molecule has 4 rings (SSSR count). The van der Waals surface area contributed by atoms with Gasteiger partial charge >= 0.3 is 0 Å². The minimum absolute atomic E-state index is 0.537. The molecule has 1 heterocycles. The Kier molecular flexibility index (Phi) is 7.52. The molecule has 0 aromatic rings. The van der Waals surface area contributed by atoms with Gasteiger partial charge < -0.3 is 9.47 Å². The first-order chi connectivity index (χ1) is 13.3. The molecule has 3 heteroatoms. The van der Waals surface area contributed by atoms with Crippen LogP contribution in [0.3, 0.4) is 0 Å². The molecule has 3 aliphatic carbocycles. The van der Waals surface area contributed by atoms with Gasteiger partial charge in [-0.2, -0.15) is 0 Å². The summed E-state index contributed by atoms with van der Waals surface area (Å²) in [6, 6.07) is 1.44. The number of hydrogen-bond donors (Lipinski definition) is 0. The Morgan fingerprint density at radius 2 is 1.37 bits per heavy atom. The third kappa shape index (κ3) is 5.28. The number of unbranched alkanes of at least 4 members (excludes halogenated alkanes) is 2. The summed E-state index contributed by atoms with van der Waals surface area (Å²) in [5.74, 6) is 0.922. The Labute approximate surface area is 167 Å². The minimum atomic E-state index is 0.537. The van der Waals surface area contributed by atoms with Crippen molar-refractivity contribution in [2.45, 2.75) is 134 Å². The van der Waals surface area contributed by atoms with Gasteiger partial charge in [0.2, 0.25) is 0 Å². The number of morpholine rings is 1. The van der Waals surface area contributed by atoms with E-state index in [0.29, 0.717) is 18.3 Å². The second-order valence-corrected chi connectivity index (χ2v) is 9.97. The van der Waals surface area contributed by atoms with Crippen LogP contribution in [-0.2, 0) is 9.47 Å². The van der Waals surface area contributed by atoms with Crippen molar-refractivity contribution in [2.24, 2.45) is 5.92 Å². The fourth-order valence-corrected chi connectivity index (χ4v) is 6.25. The van der Waals surface area contributed by atoms with E-state index in [4.69, 9.17) is 9.47 Å². The highest BCUT2D eigenvalue weighted by atomic mass is 16.5. The standard InChI is InChI=1S/C24H43NO2/c1-19-13-15-20(16-14-19)26-18-8-2-7-17-25-21-9-3-5-11-23(21)27-24-12-6-4-10-22(24)25/h19-24H,2-18H2,1H3. The van der Waals surface area contributed by atoms with Crippen LogP contribution >= 0.6 is 0 Å². The van der Waals surface area contributed by atoms with Gasteiger partial charge in [0.1, 0.15) is 0 Å². The highest BCUT2D eigenvalue weighted by Gasteiger charge is 2.44. The van der Waals surface area contributed by atoms with Crippen LogP contribution in [0.1, 0.15) is 103 Å². The molecule has 4 fully saturated rings. The molecule has 4 aliphatic rings. The van der Waals surface area contributed by atoms with Gasteiger partial charge in [-0.25, -0.2) is 0 Å². The van der Waals surface area contributed by atoms with Crippen molar-refractivity contribution in [3.05, 3.63) is 0 Å². The van der Waals surface area contributed by atoms with E-state index in [9.17, 15) is 0 Å². The Bertz CT molecular complexity index is 412. The van der Waals surface area contributed by atoms with Crippen LogP contribution in [0.25, 0.3) is 0 Å². The highest BCUT2D eigenvalue weighted by Crippen LogP contribution is 2.39. The van der Waals surface area contributed by atoms with Gasteiger partial charge in [0.25, 0.3) is 0 Å². The summed E-state index contributed by atoms with van der Waals surface area (Å²) < 4.78 is 12.7. The summed E-state index contributed by atoms with van der Waals surface area (Å²) in [4.78, 5) is 2.92. The Morgan fingerprint density at radius 1 is 0.741 bits per heavy atom. The van der Waals surface area contributed by atoms with Crippen LogP contribution in [0.15, 0.2) is 0 Å².